The minimum Gasteiger partial charge on any atom is -0.497 e. The van der Waals surface area contributed by atoms with Gasteiger partial charge in [-0.3, -0.25) is 0 Å². The fourth-order valence-electron chi connectivity index (χ4n) is 1.91. The van der Waals surface area contributed by atoms with Crippen molar-refractivity contribution >= 4 is 16.1 Å². The Bertz CT molecular complexity index is 707. The van der Waals surface area contributed by atoms with Crippen molar-refractivity contribution in [2.45, 2.75) is 6.42 Å². The second-order valence-corrected chi connectivity index (χ2v) is 6.40. The molecule has 1 N–H and O–H groups in total. The van der Waals surface area contributed by atoms with E-state index in [4.69, 9.17) is 4.74 Å². The Morgan fingerprint density at radius 1 is 1.05 bits per heavy atom. The highest BCUT2D eigenvalue weighted by molar-refractivity contribution is 7.92. The summed E-state index contributed by atoms with van der Waals surface area (Å²) >= 11 is 0. The number of hydrogen-bond acceptors (Lipinski definition) is 3. The predicted molar refractivity (Wildman–Crippen MR) is 89.1 cm³/mol. The Kier molecular flexibility index (Phi) is 5.75. The molecule has 0 aliphatic heterocycles. The number of benzene rings is 2. The third-order valence-corrected chi connectivity index (χ3v) is 4.22. The van der Waals surface area contributed by atoms with E-state index in [1.165, 1.54) is 5.41 Å². The van der Waals surface area contributed by atoms with E-state index >= 15 is 0 Å². The number of rotatable bonds is 7. The van der Waals surface area contributed by atoms with Crippen molar-refractivity contribution in [1.82, 2.24) is 4.72 Å². The van der Waals surface area contributed by atoms with Crippen LogP contribution in [-0.2, 0) is 16.4 Å². The number of sulfonamides is 1. The summed E-state index contributed by atoms with van der Waals surface area (Å²) in [5.74, 6) is 0.787. The highest BCUT2D eigenvalue weighted by Crippen LogP contribution is 2.11. The molecule has 0 bridgehead atoms. The number of hydrogen-bond donors (Lipinski definition) is 1. The standard InChI is InChI=1S/C17H19NO3S/c1-21-17-9-7-16(8-10-17)11-13-18-22(19,20)14-12-15-5-3-2-4-6-15/h2-10,12,14,18H,11,13H2,1H3/b14-12+. The number of nitrogens with one attached hydrogen (secondary N) is 1. The van der Waals surface area contributed by atoms with E-state index in [2.05, 4.69) is 4.72 Å². The summed E-state index contributed by atoms with van der Waals surface area (Å²) in [7, 11) is -1.80. The van der Waals surface area contributed by atoms with Crippen molar-refractivity contribution in [1.29, 1.82) is 0 Å². The van der Waals surface area contributed by atoms with Crippen LogP contribution in [0.25, 0.3) is 6.08 Å². The van der Waals surface area contributed by atoms with Gasteiger partial charge in [-0.25, -0.2) is 13.1 Å². The van der Waals surface area contributed by atoms with Crippen LogP contribution in [0.4, 0.5) is 0 Å². The Morgan fingerprint density at radius 3 is 2.36 bits per heavy atom. The third kappa shape index (κ3) is 5.35. The molecule has 0 aromatic heterocycles. The maximum Gasteiger partial charge on any atom is 0.233 e. The molecular formula is C17H19NO3S. The molecule has 22 heavy (non-hydrogen) atoms. The smallest absolute Gasteiger partial charge is 0.233 e. The van der Waals surface area contributed by atoms with Crippen LogP contribution >= 0.6 is 0 Å². The van der Waals surface area contributed by atoms with Crippen LogP contribution in [0.1, 0.15) is 11.1 Å². The van der Waals surface area contributed by atoms with Crippen LogP contribution in [0, 0.1) is 0 Å². The summed E-state index contributed by atoms with van der Waals surface area (Å²) in [5.41, 5.74) is 1.90. The van der Waals surface area contributed by atoms with Crippen molar-refractivity contribution < 1.29 is 13.2 Å². The molecule has 4 nitrogen and oxygen atoms in total. The lowest BCUT2D eigenvalue weighted by molar-refractivity contribution is 0.414. The van der Waals surface area contributed by atoms with Crippen LogP contribution in [0.3, 0.4) is 0 Å². The van der Waals surface area contributed by atoms with E-state index in [-0.39, 0.29) is 0 Å². The highest BCUT2D eigenvalue weighted by atomic mass is 32.2. The average Bonchev–Trinajstić information content (AvgIpc) is 2.55. The predicted octanol–water partition coefficient (Wildman–Crippen LogP) is 2.83. The van der Waals surface area contributed by atoms with Crippen molar-refractivity contribution in [2.75, 3.05) is 13.7 Å². The zero-order chi connectivity index (χ0) is 15.8. The first-order chi connectivity index (χ1) is 10.6. The van der Waals surface area contributed by atoms with E-state index in [9.17, 15) is 8.42 Å². The van der Waals surface area contributed by atoms with Gasteiger partial charge in [-0.2, -0.15) is 0 Å². The lowest BCUT2D eigenvalue weighted by atomic mass is 10.1. The largest absolute Gasteiger partial charge is 0.497 e. The maximum absolute atomic E-state index is 11.9. The lowest BCUT2D eigenvalue weighted by Crippen LogP contribution is -2.23. The molecule has 116 valence electrons. The topological polar surface area (TPSA) is 55.4 Å². The number of methoxy groups -OCH3 is 1. The fourth-order valence-corrected chi connectivity index (χ4v) is 2.73. The Hall–Kier alpha value is -2.11. The minimum atomic E-state index is -3.42. The van der Waals surface area contributed by atoms with Crippen LogP contribution in [0.15, 0.2) is 60.0 Å². The second kappa shape index (κ2) is 7.77. The van der Waals surface area contributed by atoms with Crippen LogP contribution in [0.5, 0.6) is 5.75 Å². The molecule has 5 heteroatoms. The summed E-state index contributed by atoms with van der Waals surface area (Å²) < 4.78 is 31.4. The van der Waals surface area contributed by atoms with Gasteiger partial charge < -0.3 is 4.74 Å². The highest BCUT2D eigenvalue weighted by Gasteiger charge is 2.04. The molecule has 0 aliphatic rings. The summed E-state index contributed by atoms with van der Waals surface area (Å²) in [4.78, 5) is 0. The van der Waals surface area contributed by atoms with E-state index in [1.807, 2.05) is 54.6 Å². The zero-order valence-corrected chi connectivity index (χ0v) is 13.2. The van der Waals surface area contributed by atoms with E-state index in [1.54, 1.807) is 13.2 Å². The van der Waals surface area contributed by atoms with Gasteiger partial charge in [0.15, 0.2) is 0 Å². The summed E-state index contributed by atoms with van der Waals surface area (Å²) in [6.07, 6.45) is 2.21. The van der Waals surface area contributed by atoms with Crippen molar-refractivity contribution in [3.63, 3.8) is 0 Å². The molecule has 2 aromatic carbocycles. The van der Waals surface area contributed by atoms with Crippen LogP contribution in [-0.4, -0.2) is 22.1 Å². The van der Waals surface area contributed by atoms with Gasteiger partial charge in [0.25, 0.3) is 0 Å². The van der Waals surface area contributed by atoms with Gasteiger partial charge >= 0.3 is 0 Å². The first kappa shape index (κ1) is 16.3. The van der Waals surface area contributed by atoms with Gasteiger partial charge in [-0.05, 0) is 35.8 Å². The summed E-state index contributed by atoms with van der Waals surface area (Å²) in [6, 6.07) is 16.9. The zero-order valence-electron chi connectivity index (χ0n) is 12.4. The van der Waals surface area contributed by atoms with E-state index in [0.29, 0.717) is 13.0 Å². The average molecular weight is 317 g/mol. The maximum atomic E-state index is 11.9. The Labute approximate surface area is 131 Å². The fraction of sp³-hybridized carbons (Fsp3) is 0.176. The van der Waals surface area contributed by atoms with Gasteiger partial charge in [0.05, 0.1) is 7.11 Å². The van der Waals surface area contributed by atoms with Gasteiger partial charge in [0.1, 0.15) is 5.75 Å². The van der Waals surface area contributed by atoms with Gasteiger partial charge in [0.2, 0.25) is 10.0 Å². The Balaban J connectivity index is 1.85. The monoisotopic (exact) mass is 317 g/mol. The van der Waals surface area contributed by atoms with Crippen molar-refractivity contribution in [3.05, 3.63) is 71.1 Å². The second-order valence-electron chi connectivity index (χ2n) is 4.75. The van der Waals surface area contributed by atoms with E-state index in [0.717, 1.165) is 16.9 Å². The molecule has 2 aromatic rings. The van der Waals surface area contributed by atoms with Crippen molar-refractivity contribution in [2.24, 2.45) is 0 Å². The molecule has 0 amide bonds. The third-order valence-electron chi connectivity index (χ3n) is 3.12. The molecule has 0 radical (unpaired) electrons. The lowest BCUT2D eigenvalue weighted by Gasteiger charge is -2.04. The van der Waals surface area contributed by atoms with Crippen molar-refractivity contribution in [3.8, 4) is 5.75 Å². The van der Waals surface area contributed by atoms with Gasteiger partial charge in [-0.15, -0.1) is 0 Å². The first-order valence-electron chi connectivity index (χ1n) is 6.95. The van der Waals surface area contributed by atoms with E-state index < -0.39 is 10.0 Å². The SMILES string of the molecule is COc1ccc(CCNS(=O)(=O)/C=C/c2ccccc2)cc1. The summed E-state index contributed by atoms with van der Waals surface area (Å²) in [5, 5.41) is 1.19. The van der Waals surface area contributed by atoms with Crippen LogP contribution < -0.4 is 9.46 Å². The number of ether oxygens (including phenoxy) is 1. The molecule has 0 atom stereocenters. The molecule has 0 unspecified atom stereocenters. The molecule has 2 rings (SSSR count). The normalized spacial score (nSPS) is 11.7. The minimum absolute atomic E-state index is 0.355. The van der Waals surface area contributed by atoms with Crippen LogP contribution in [0.2, 0.25) is 0 Å². The summed E-state index contributed by atoms with van der Waals surface area (Å²) in [6.45, 7) is 0.355. The first-order valence-corrected chi connectivity index (χ1v) is 8.49. The van der Waals surface area contributed by atoms with Gasteiger partial charge in [0, 0.05) is 12.0 Å². The molecular weight excluding hydrogens is 298 g/mol. The molecule has 0 heterocycles. The molecule has 0 spiro atoms. The molecule has 0 aliphatic carbocycles. The van der Waals surface area contributed by atoms with Gasteiger partial charge in [-0.1, -0.05) is 42.5 Å². The molecule has 0 saturated heterocycles. The molecule has 0 fully saturated rings. The molecule has 0 saturated carbocycles. The quantitative estimate of drug-likeness (QED) is 0.854. The Morgan fingerprint density at radius 2 is 1.73 bits per heavy atom.